The van der Waals surface area contributed by atoms with Crippen molar-refractivity contribution in [2.75, 3.05) is 13.1 Å². The van der Waals surface area contributed by atoms with E-state index in [0.717, 1.165) is 50.4 Å². The maximum absolute atomic E-state index is 12.2. The van der Waals surface area contributed by atoms with Gasteiger partial charge in [-0.1, -0.05) is 0 Å². The van der Waals surface area contributed by atoms with Crippen LogP contribution in [-0.2, 0) is 13.0 Å². The van der Waals surface area contributed by atoms with Gasteiger partial charge in [0.1, 0.15) is 11.5 Å². The van der Waals surface area contributed by atoms with Crippen molar-refractivity contribution in [1.82, 2.24) is 14.5 Å². The number of carbonyl (C=O) groups excluding carboxylic acids is 1. The number of aryl methyl sites for hydroxylation is 1. The fraction of sp³-hybridized carbons (Fsp3) is 0.667. The van der Waals surface area contributed by atoms with Crippen molar-refractivity contribution in [2.24, 2.45) is 0 Å². The quantitative estimate of drug-likeness (QED) is 0.717. The molecule has 0 atom stereocenters. The summed E-state index contributed by atoms with van der Waals surface area (Å²) in [6, 6.07) is 0. The third-order valence-electron chi connectivity index (χ3n) is 3.58. The van der Waals surface area contributed by atoms with Gasteiger partial charge in [-0.25, -0.2) is 4.98 Å². The Morgan fingerprint density at radius 3 is 2.69 bits per heavy atom. The van der Waals surface area contributed by atoms with Crippen molar-refractivity contribution >= 4 is 5.91 Å². The maximum atomic E-state index is 12.2. The molecule has 3 heterocycles. The van der Waals surface area contributed by atoms with Crippen LogP contribution in [0.1, 0.15) is 42.0 Å². The van der Waals surface area contributed by atoms with E-state index in [0.29, 0.717) is 0 Å². The number of imidazole rings is 1. The predicted octanol–water partition coefficient (Wildman–Crippen LogP) is 1.46. The number of hydrogen-bond donors (Lipinski definition) is 0. The summed E-state index contributed by atoms with van der Waals surface area (Å²) in [5, 5.41) is 0. The largest absolute Gasteiger partial charge is 0.337 e. The molecule has 1 amide bonds. The fourth-order valence-electron chi connectivity index (χ4n) is 2.67. The van der Waals surface area contributed by atoms with E-state index in [1.54, 1.807) is 6.20 Å². The summed E-state index contributed by atoms with van der Waals surface area (Å²) in [5.74, 6) is 1.27. The Bertz CT molecular complexity index is 404. The number of rotatable bonds is 1. The molecule has 0 aromatic carbocycles. The molecular weight excluding hydrogens is 202 g/mol. The van der Waals surface area contributed by atoms with Gasteiger partial charge in [-0.15, -0.1) is 0 Å². The van der Waals surface area contributed by atoms with Crippen molar-refractivity contribution in [2.45, 2.75) is 38.6 Å². The molecule has 4 nitrogen and oxygen atoms in total. The standard InChI is InChI=1S/C12H17N3O/c16-12(14-6-3-4-7-14)10-9-13-11-5-1-2-8-15(10)11/h9H,1-8H2. The second-order valence-corrected chi connectivity index (χ2v) is 4.67. The number of hydrogen-bond acceptors (Lipinski definition) is 2. The van der Waals surface area contributed by atoms with Crippen LogP contribution in [0.15, 0.2) is 6.20 Å². The zero-order chi connectivity index (χ0) is 11.0. The van der Waals surface area contributed by atoms with E-state index in [1.807, 2.05) is 4.90 Å². The second-order valence-electron chi connectivity index (χ2n) is 4.67. The lowest BCUT2D eigenvalue weighted by Crippen LogP contribution is -2.30. The molecule has 86 valence electrons. The average molecular weight is 219 g/mol. The van der Waals surface area contributed by atoms with Crippen LogP contribution in [0.2, 0.25) is 0 Å². The number of amides is 1. The van der Waals surface area contributed by atoms with E-state index < -0.39 is 0 Å². The van der Waals surface area contributed by atoms with Gasteiger partial charge >= 0.3 is 0 Å². The molecule has 0 radical (unpaired) electrons. The minimum Gasteiger partial charge on any atom is -0.337 e. The minimum absolute atomic E-state index is 0.179. The van der Waals surface area contributed by atoms with Crippen LogP contribution in [0.5, 0.6) is 0 Å². The molecule has 0 unspecified atom stereocenters. The highest BCUT2D eigenvalue weighted by Crippen LogP contribution is 2.19. The first kappa shape index (κ1) is 9.87. The first-order valence-electron chi connectivity index (χ1n) is 6.20. The first-order chi connectivity index (χ1) is 7.86. The van der Waals surface area contributed by atoms with Gasteiger partial charge in [0, 0.05) is 26.1 Å². The summed E-state index contributed by atoms with van der Waals surface area (Å²) < 4.78 is 2.12. The Labute approximate surface area is 95.3 Å². The van der Waals surface area contributed by atoms with Crippen LogP contribution >= 0.6 is 0 Å². The van der Waals surface area contributed by atoms with Gasteiger partial charge in [0.2, 0.25) is 0 Å². The van der Waals surface area contributed by atoms with Crippen LogP contribution in [0, 0.1) is 0 Å². The SMILES string of the molecule is O=C(c1cnc2n1CCCC2)N1CCCC1. The Hall–Kier alpha value is -1.32. The van der Waals surface area contributed by atoms with E-state index >= 15 is 0 Å². The van der Waals surface area contributed by atoms with E-state index in [9.17, 15) is 4.79 Å². The lowest BCUT2D eigenvalue weighted by atomic mass is 10.1. The van der Waals surface area contributed by atoms with Crippen molar-refractivity contribution < 1.29 is 4.79 Å². The van der Waals surface area contributed by atoms with Gasteiger partial charge in [-0.2, -0.15) is 0 Å². The molecule has 1 fully saturated rings. The molecular formula is C12H17N3O. The van der Waals surface area contributed by atoms with E-state index in [-0.39, 0.29) is 5.91 Å². The van der Waals surface area contributed by atoms with Crippen LogP contribution < -0.4 is 0 Å². The summed E-state index contributed by atoms with van der Waals surface area (Å²) in [5.41, 5.74) is 0.802. The second kappa shape index (κ2) is 3.92. The Kier molecular flexibility index (Phi) is 2.42. The molecule has 1 saturated heterocycles. The van der Waals surface area contributed by atoms with E-state index in [4.69, 9.17) is 0 Å². The van der Waals surface area contributed by atoms with Gasteiger partial charge in [-0.05, 0) is 25.7 Å². The van der Waals surface area contributed by atoms with Gasteiger partial charge in [0.05, 0.1) is 6.20 Å². The van der Waals surface area contributed by atoms with Gasteiger partial charge in [0.15, 0.2) is 0 Å². The Morgan fingerprint density at radius 1 is 1.12 bits per heavy atom. The molecule has 16 heavy (non-hydrogen) atoms. The minimum atomic E-state index is 0.179. The van der Waals surface area contributed by atoms with Crippen molar-refractivity contribution in [3.63, 3.8) is 0 Å². The summed E-state index contributed by atoms with van der Waals surface area (Å²) in [6.07, 6.45) is 7.45. The fourth-order valence-corrected chi connectivity index (χ4v) is 2.67. The van der Waals surface area contributed by atoms with Gasteiger partial charge in [0.25, 0.3) is 5.91 Å². The molecule has 4 heteroatoms. The zero-order valence-electron chi connectivity index (χ0n) is 9.48. The molecule has 0 aliphatic carbocycles. The lowest BCUT2D eigenvalue weighted by Gasteiger charge is -2.19. The van der Waals surface area contributed by atoms with Crippen LogP contribution in [0.25, 0.3) is 0 Å². The Morgan fingerprint density at radius 2 is 1.88 bits per heavy atom. The van der Waals surface area contributed by atoms with E-state index in [2.05, 4.69) is 9.55 Å². The average Bonchev–Trinajstić information content (AvgIpc) is 2.98. The highest BCUT2D eigenvalue weighted by molar-refractivity contribution is 5.92. The van der Waals surface area contributed by atoms with Crippen LogP contribution in [0.4, 0.5) is 0 Å². The monoisotopic (exact) mass is 219 g/mol. The highest BCUT2D eigenvalue weighted by atomic mass is 16.2. The Balaban J connectivity index is 1.88. The van der Waals surface area contributed by atoms with Crippen molar-refractivity contribution in [3.8, 4) is 0 Å². The van der Waals surface area contributed by atoms with Gasteiger partial charge in [-0.3, -0.25) is 4.79 Å². The molecule has 2 aliphatic heterocycles. The maximum Gasteiger partial charge on any atom is 0.272 e. The highest BCUT2D eigenvalue weighted by Gasteiger charge is 2.24. The molecule has 1 aromatic heterocycles. The van der Waals surface area contributed by atoms with E-state index in [1.165, 1.54) is 12.8 Å². The smallest absolute Gasteiger partial charge is 0.272 e. The third kappa shape index (κ3) is 1.52. The molecule has 0 bridgehead atoms. The third-order valence-corrected chi connectivity index (χ3v) is 3.58. The topological polar surface area (TPSA) is 38.1 Å². The summed E-state index contributed by atoms with van der Waals surface area (Å²) in [6.45, 7) is 2.79. The summed E-state index contributed by atoms with van der Waals surface area (Å²) in [4.78, 5) is 18.6. The number of aromatic nitrogens is 2. The molecule has 1 aromatic rings. The van der Waals surface area contributed by atoms with Crippen LogP contribution in [-0.4, -0.2) is 33.4 Å². The van der Waals surface area contributed by atoms with Gasteiger partial charge < -0.3 is 9.47 Å². The number of nitrogens with zero attached hydrogens (tertiary/aromatic N) is 3. The predicted molar refractivity (Wildman–Crippen MR) is 60.3 cm³/mol. The molecule has 3 rings (SSSR count). The molecule has 0 spiro atoms. The number of likely N-dealkylation sites (tertiary alicyclic amines) is 1. The lowest BCUT2D eigenvalue weighted by molar-refractivity contribution is 0.0781. The summed E-state index contributed by atoms with van der Waals surface area (Å²) >= 11 is 0. The molecule has 0 N–H and O–H groups in total. The molecule has 0 saturated carbocycles. The zero-order valence-corrected chi connectivity index (χ0v) is 9.48. The normalized spacial score (nSPS) is 19.9. The van der Waals surface area contributed by atoms with Crippen molar-refractivity contribution in [3.05, 3.63) is 17.7 Å². The van der Waals surface area contributed by atoms with Crippen molar-refractivity contribution in [1.29, 1.82) is 0 Å². The number of fused-ring (bicyclic) bond motifs is 1. The first-order valence-corrected chi connectivity index (χ1v) is 6.20. The number of carbonyl (C=O) groups is 1. The van der Waals surface area contributed by atoms with Crippen LogP contribution in [0.3, 0.4) is 0 Å². The summed E-state index contributed by atoms with van der Waals surface area (Å²) in [7, 11) is 0. The molecule has 2 aliphatic rings.